The van der Waals surface area contributed by atoms with Crippen LogP contribution in [0.3, 0.4) is 0 Å². The molecular weight excluding hydrogens is 182 g/mol. The summed E-state index contributed by atoms with van der Waals surface area (Å²) >= 11 is 0. The van der Waals surface area contributed by atoms with Crippen LogP contribution in [0.25, 0.3) is 21.5 Å². The number of nitrogens with zero attached hydrogens (tertiary/aromatic N) is 1. The molecule has 0 fully saturated rings. The summed E-state index contributed by atoms with van der Waals surface area (Å²) in [4.78, 5) is 0. The van der Waals surface area contributed by atoms with Gasteiger partial charge in [-0.05, 0) is 40.6 Å². The van der Waals surface area contributed by atoms with Crippen molar-refractivity contribution in [2.75, 3.05) is 0 Å². The molecule has 0 radical (unpaired) electrons. The van der Waals surface area contributed by atoms with E-state index in [0.717, 1.165) is 6.54 Å². The van der Waals surface area contributed by atoms with Crippen molar-refractivity contribution in [1.29, 1.82) is 0 Å². The van der Waals surface area contributed by atoms with Crippen LogP contribution in [0, 0.1) is 0 Å². The smallest absolute Gasteiger partial charge is 0.0191 e. The topological polar surface area (TPSA) is 4.93 Å². The van der Waals surface area contributed by atoms with Crippen LogP contribution in [0.1, 0.15) is 6.92 Å². The van der Waals surface area contributed by atoms with Gasteiger partial charge in [0.05, 0.1) is 0 Å². The van der Waals surface area contributed by atoms with Crippen molar-refractivity contribution in [3.8, 4) is 0 Å². The second-order valence-corrected chi connectivity index (χ2v) is 3.92. The predicted octanol–water partition coefficient (Wildman–Crippen LogP) is 3.81. The van der Waals surface area contributed by atoms with Crippen LogP contribution in [0.5, 0.6) is 0 Å². The second-order valence-electron chi connectivity index (χ2n) is 3.92. The zero-order valence-corrected chi connectivity index (χ0v) is 8.77. The Morgan fingerprint density at radius 2 is 1.40 bits per heavy atom. The van der Waals surface area contributed by atoms with Gasteiger partial charge in [0.25, 0.3) is 0 Å². The Morgan fingerprint density at radius 1 is 0.867 bits per heavy atom. The Bertz CT molecular complexity index is 567. The summed E-state index contributed by atoms with van der Waals surface area (Å²) in [6, 6.07) is 13.0. The van der Waals surface area contributed by atoms with Gasteiger partial charge in [-0.2, -0.15) is 0 Å². The van der Waals surface area contributed by atoms with E-state index in [4.69, 9.17) is 0 Å². The Balaban J connectivity index is 2.39. The van der Waals surface area contributed by atoms with Gasteiger partial charge in [-0.25, -0.2) is 0 Å². The van der Waals surface area contributed by atoms with Crippen molar-refractivity contribution in [2.45, 2.75) is 13.5 Å². The summed E-state index contributed by atoms with van der Waals surface area (Å²) in [6.07, 6.45) is 4.42. The summed E-state index contributed by atoms with van der Waals surface area (Å²) in [5, 5.41) is 5.30. The number of rotatable bonds is 1. The molecule has 3 aromatic rings. The predicted molar refractivity (Wildman–Crippen MR) is 65.1 cm³/mol. The molecule has 74 valence electrons. The number of fused-ring (bicyclic) bond motifs is 2. The number of hydrogen-bond acceptors (Lipinski definition) is 0. The molecule has 15 heavy (non-hydrogen) atoms. The highest BCUT2D eigenvalue weighted by Crippen LogP contribution is 2.23. The Labute approximate surface area is 88.9 Å². The van der Waals surface area contributed by atoms with Gasteiger partial charge in [0.1, 0.15) is 0 Å². The van der Waals surface area contributed by atoms with Gasteiger partial charge in [-0.3, -0.25) is 0 Å². The van der Waals surface area contributed by atoms with E-state index in [1.165, 1.54) is 21.5 Å². The summed E-state index contributed by atoms with van der Waals surface area (Å²) in [6.45, 7) is 3.20. The molecule has 1 aromatic heterocycles. The molecule has 3 rings (SSSR count). The fourth-order valence-corrected chi connectivity index (χ4v) is 2.08. The van der Waals surface area contributed by atoms with Crippen LogP contribution >= 0.6 is 0 Å². The lowest BCUT2D eigenvalue weighted by molar-refractivity contribution is 0.773. The van der Waals surface area contributed by atoms with Gasteiger partial charge in [0.15, 0.2) is 0 Å². The molecule has 0 saturated heterocycles. The van der Waals surface area contributed by atoms with Gasteiger partial charge >= 0.3 is 0 Å². The average molecular weight is 195 g/mol. The largest absolute Gasteiger partial charge is 0.353 e. The van der Waals surface area contributed by atoms with Crippen molar-refractivity contribution in [2.24, 2.45) is 0 Å². The van der Waals surface area contributed by atoms with Gasteiger partial charge < -0.3 is 4.57 Å². The van der Waals surface area contributed by atoms with Crippen LogP contribution in [-0.2, 0) is 6.54 Å². The van der Waals surface area contributed by atoms with Crippen LogP contribution in [-0.4, -0.2) is 4.57 Å². The average Bonchev–Trinajstić information content (AvgIpc) is 2.67. The molecular formula is C14H13N. The second kappa shape index (κ2) is 3.13. The van der Waals surface area contributed by atoms with Crippen LogP contribution in [0.2, 0.25) is 0 Å². The molecule has 0 amide bonds. The molecule has 0 N–H and O–H groups in total. The van der Waals surface area contributed by atoms with E-state index in [0.29, 0.717) is 0 Å². The van der Waals surface area contributed by atoms with Gasteiger partial charge in [-0.15, -0.1) is 0 Å². The fraction of sp³-hybridized carbons (Fsp3) is 0.143. The Morgan fingerprint density at radius 3 is 1.87 bits per heavy atom. The highest BCUT2D eigenvalue weighted by molar-refractivity contribution is 5.98. The minimum atomic E-state index is 1.03. The van der Waals surface area contributed by atoms with Crippen LogP contribution in [0.15, 0.2) is 48.8 Å². The van der Waals surface area contributed by atoms with E-state index >= 15 is 0 Å². The lowest BCUT2D eigenvalue weighted by Gasteiger charge is -1.96. The van der Waals surface area contributed by atoms with Gasteiger partial charge in [-0.1, -0.05) is 24.3 Å². The summed E-state index contributed by atoms with van der Waals surface area (Å²) < 4.78 is 2.23. The fourth-order valence-electron chi connectivity index (χ4n) is 2.08. The number of aryl methyl sites for hydroxylation is 1. The SMILES string of the molecule is CCn1cc2cc3ccccc3cc2c1. The summed E-state index contributed by atoms with van der Waals surface area (Å²) in [5.74, 6) is 0. The molecule has 2 aromatic carbocycles. The number of benzene rings is 2. The standard InChI is InChI=1S/C14H13N/c1-2-15-9-13-7-11-5-3-4-6-12(11)8-14(13)10-15/h3-10H,2H2,1H3. The maximum Gasteiger partial charge on any atom is 0.0191 e. The van der Waals surface area contributed by atoms with Crippen molar-refractivity contribution in [3.05, 3.63) is 48.8 Å². The third-order valence-corrected chi connectivity index (χ3v) is 2.93. The summed E-state index contributed by atoms with van der Waals surface area (Å²) in [7, 11) is 0. The zero-order valence-electron chi connectivity index (χ0n) is 8.77. The number of aromatic nitrogens is 1. The highest BCUT2D eigenvalue weighted by atomic mass is 14.9. The summed E-state index contributed by atoms with van der Waals surface area (Å²) in [5.41, 5.74) is 0. The maximum absolute atomic E-state index is 2.26. The van der Waals surface area contributed by atoms with E-state index in [-0.39, 0.29) is 0 Å². The molecule has 0 aliphatic heterocycles. The lowest BCUT2D eigenvalue weighted by atomic mass is 10.1. The Hall–Kier alpha value is -1.76. The first-order chi connectivity index (χ1) is 7.36. The number of hydrogen-bond donors (Lipinski definition) is 0. The molecule has 0 atom stereocenters. The van der Waals surface area contributed by atoms with E-state index < -0.39 is 0 Å². The minimum absolute atomic E-state index is 1.03. The highest BCUT2D eigenvalue weighted by Gasteiger charge is 1.99. The zero-order chi connectivity index (χ0) is 10.3. The van der Waals surface area contributed by atoms with Crippen molar-refractivity contribution in [1.82, 2.24) is 4.57 Å². The van der Waals surface area contributed by atoms with Crippen molar-refractivity contribution in [3.63, 3.8) is 0 Å². The molecule has 0 bridgehead atoms. The first-order valence-electron chi connectivity index (χ1n) is 5.35. The molecule has 1 heterocycles. The first kappa shape index (κ1) is 8.54. The van der Waals surface area contributed by atoms with E-state index in [9.17, 15) is 0 Å². The van der Waals surface area contributed by atoms with Crippen LogP contribution < -0.4 is 0 Å². The van der Waals surface area contributed by atoms with E-state index in [2.05, 4.69) is 60.3 Å². The lowest BCUT2D eigenvalue weighted by Crippen LogP contribution is -1.85. The molecule has 0 unspecified atom stereocenters. The minimum Gasteiger partial charge on any atom is -0.353 e. The normalized spacial score (nSPS) is 11.3. The molecule has 1 heteroatoms. The molecule has 1 nitrogen and oxygen atoms in total. The quantitative estimate of drug-likeness (QED) is 0.556. The maximum atomic E-state index is 2.26. The third-order valence-electron chi connectivity index (χ3n) is 2.93. The van der Waals surface area contributed by atoms with E-state index in [1.54, 1.807) is 0 Å². The van der Waals surface area contributed by atoms with Gasteiger partial charge in [0.2, 0.25) is 0 Å². The van der Waals surface area contributed by atoms with Crippen molar-refractivity contribution < 1.29 is 0 Å². The monoisotopic (exact) mass is 195 g/mol. The van der Waals surface area contributed by atoms with Crippen LogP contribution in [0.4, 0.5) is 0 Å². The molecule has 0 saturated carbocycles. The third kappa shape index (κ3) is 1.32. The van der Waals surface area contributed by atoms with Gasteiger partial charge in [0, 0.05) is 18.9 Å². The van der Waals surface area contributed by atoms with Crippen molar-refractivity contribution >= 4 is 21.5 Å². The molecule has 0 aliphatic rings. The Kier molecular flexibility index (Phi) is 1.78. The van der Waals surface area contributed by atoms with E-state index in [1.807, 2.05) is 0 Å². The first-order valence-corrected chi connectivity index (χ1v) is 5.35. The molecule has 0 spiro atoms. The molecule has 0 aliphatic carbocycles.